The van der Waals surface area contributed by atoms with Gasteiger partial charge in [-0.3, -0.25) is 4.79 Å². The van der Waals surface area contributed by atoms with Crippen molar-refractivity contribution in [1.82, 2.24) is 0 Å². The first-order valence-electron chi connectivity index (χ1n) is 6.98. The molecule has 1 aromatic rings. The Balaban J connectivity index is 2.38. The Morgan fingerprint density at radius 3 is 2.23 bits per heavy atom. The Morgan fingerprint density at radius 1 is 1.18 bits per heavy atom. The Labute approximate surface area is 141 Å². The molecule has 0 unspecified atom stereocenters. The van der Waals surface area contributed by atoms with Gasteiger partial charge >= 0.3 is 13.1 Å². The van der Waals surface area contributed by atoms with Gasteiger partial charge in [-0.2, -0.15) is 0 Å². The molecule has 0 aliphatic carbocycles. The number of carbonyl (C=O) groups excluding carboxylic acids is 1. The number of hydrogen-bond donors (Lipinski definition) is 0. The van der Waals surface area contributed by atoms with Crippen molar-refractivity contribution in [3.8, 4) is 0 Å². The van der Waals surface area contributed by atoms with E-state index in [0.717, 1.165) is 0 Å². The van der Waals surface area contributed by atoms with E-state index in [9.17, 15) is 4.79 Å². The van der Waals surface area contributed by atoms with Crippen LogP contribution >= 0.6 is 23.2 Å². The molecule has 120 valence electrons. The van der Waals surface area contributed by atoms with Crippen molar-refractivity contribution < 1.29 is 18.8 Å². The molecule has 22 heavy (non-hydrogen) atoms. The SMILES string of the molecule is COC(=O)Cc1c(Cl)ccc(B2OC(C)(C)C(C)(C)O2)c1Cl. The van der Waals surface area contributed by atoms with Gasteiger partial charge in [0, 0.05) is 21.1 Å². The van der Waals surface area contributed by atoms with E-state index < -0.39 is 24.3 Å². The highest BCUT2D eigenvalue weighted by atomic mass is 35.5. The molecule has 2 rings (SSSR count). The Hall–Kier alpha value is -0.745. The fraction of sp³-hybridized carbons (Fsp3) is 0.533. The van der Waals surface area contributed by atoms with E-state index >= 15 is 0 Å². The van der Waals surface area contributed by atoms with Crippen LogP contribution < -0.4 is 5.46 Å². The number of hydrogen-bond acceptors (Lipinski definition) is 4. The Bertz CT molecular complexity index is 585. The maximum Gasteiger partial charge on any atom is 0.496 e. The van der Waals surface area contributed by atoms with Crippen LogP contribution in [-0.4, -0.2) is 31.4 Å². The van der Waals surface area contributed by atoms with Crippen molar-refractivity contribution in [2.45, 2.75) is 45.3 Å². The summed E-state index contributed by atoms with van der Waals surface area (Å²) in [6.07, 6.45) is 0.00150. The van der Waals surface area contributed by atoms with Gasteiger partial charge in [0.05, 0.1) is 24.7 Å². The minimum Gasteiger partial charge on any atom is -0.469 e. The third-order valence-electron chi connectivity index (χ3n) is 4.27. The Kier molecular flexibility index (Phi) is 4.84. The molecule has 1 heterocycles. The van der Waals surface area contributed by atoms with Crippen LogP contribution in [0.1, 0.15) is 33.3 Å². The summed E-state index contributed by atoms with van der Waals surface area (Å²) in [5, 5.41) is 0.784. The number of carbonyl (C=O) groups is 1. The average molecular weight is 345 g/mol. The second kappa shape index (κ2) is 6.04. The number of rotatable bonds is 3. The number of ether oxygens (including phenoxy) is 1. The molecule has 0 amide bonds. The highest BCUT2D eigenvalue weighted by Gasteiger charge is 2.52. The zero-order valence-electron chi connectivity index (χ0n) is 13.3. The van der Waals surface area contributed by atoms with Crippen LogP contribution in [0.25, 0.3) is 0 Å². The molecule has 7 heteroatoms. The van der Waals surface area contributed by atoms with E-state index in [-0.39, 0.29) is 6.42 Å². The summed E-state index contributed by atoms with van der Waals surface area (Å²) in [6.45, 7) is 7.86. The van der Waals surface area contributed by atoms with Gasteiger partial charge in [-0.1, -0.05) is 29.3 Å². The third-order valence-corrected chi connectivity index (χ3v) is 5.07. The minimum absolute atomic E-state index is 0.00150. The molecule has 1 aliphatic rings. The normalized spacial score (nSPS) is 19.3. The van der Waals surface area contributed by atoms with Crippen molar-refractivity contribution in [3.63, 3.8) is 0 Å². The molecule has 0 bridgehead atoms. The van der Waals surface area contributed by atoms with E-state index in [4.69, 9.17) is 32.5 Å². The van der Waals surface area contributed by atoms with Gasteiger partial charge in [0.1, 0.15) is 0 Å². The number of methoxy groups -OCH3 is 1. The largest absolute Gasteiger partial charge is 0.496 e. The second-order valence-electron chi connectivity index (χ2n) is 6.27. The zero-order chi connectivity index (χ0) is 16.7. The van der Waals surface area contributed by atoms with E-state index in [1.54, 1.807) is 12.1 Å². The molecule has 0 aromatic heterocycles. The molecule has 0 spiro atoms. The molecule has 0 N–H and O–H groups in total. The van der Waals surface area contributed by atoms with Gasteiger partial charge in [-0.15, -0.1) is 0 Å². The summed E-state index contributed by atoms with van der Waals surface area (Å²) in [4.78, 5) is 11.5. The van der Waals surface area contributed by atoms with Crippen molar-refractivity contribution in [2.24, 2.45) is 0 Å². The summed E-state index contributed by atoms with van der Waals surface area (Å²) in [5.74, 6) is -0.408. The quantitative estimate of drug-likeness (QED) is 0.624. The first kappa shape index (κ1) is 17.6. The number of esters is 1. The van der Waals surface area contributed by atoms with Crippen molar-refractivity contribution >= 4 is 41.8 Å². The van der Waals surface area contributed by atoms with E-state index in [1.807, 2.05) is 27.7 Å². The van der Waals surface area contributed by atoms with Crippen LogP contribution in [0, 0.1) is 0 Å². The van der Waals surface area contributed by atoms with Crippen LogP contribution in [0.15, 0.2) is 12.1 Å². The van der Waals surface area contributed by atoms with Crippen molar-refractivity contribution in [2.75, 3.05) is 7.11 Å². The summed E-state index contributed by atoms with van der Waals surface area (Å²) < 4.78 is 16.7. The number of benzene rings is 1. The molecule has 1 fully saturated rings. The topological polar surface area (TPSA) is 44.8 Å². The zero-order valence-corrected chi connectivity index (χ0v) is 14.8. The predicted octanol–water partition coefficient (Wildman–Crippen LogP) is 3.01. The summed E-state index contributed by atoms with van der Waals surface area (Å²) in [7, 11) is 0.716. The van der Waals surface area contributed by atoms with Gasteiger partial charge < -0.3 is 14.0 Å². The molecule has 0 radical (unpaired) electrons. The first-order valence-corrected chi connectivity index (χ1v) is 7.74. The van der Waals surface area contributed by atoms with Crippen molar-refractivity contribution in [1.29, 1.82) is 0 Å². The molecule has 1 saturated heterocycles. The molecule has 1 aliphatic heterocycles. The molecule has 0 saturated carbocycles. The molecular formula is C15H19BCl2O4. The Morgan fingerprint density at radius 2 is 1.73 bits per heavy atom. The third kappa shape index (κ3) is 3.13. The highest BCUT2D eigenvalue weighted by Crippen LogP contribution is 2.37. The van der Waals surface area contributed by atoms with Crippen LogP contribution in [0.3, 0.4) is 0 Å². The maximum absolute atomic E-state index is 11.5. The predicted molar refractivity (Wildman–Crippen MR) is 87.9 cm³/mol. The van der Waals surface area contributed by atoms with Gasteiger partial charge in [0.2, 0.25) is 0 Å². The van der Waals surface area contributed by atoms with Gasteiger partial charge in [0.25, 0.3) is 0 Å². The molecule has 1 aromatic carbocycles. The minimum atomic E-state index is -0.605. The van der Waals surface area contributed by atoms with Crippen LogP contribution in [0.2, 0.25) is 10.0 Å². The highest BCUT2D eigenvalue weighted by molar-refractivity contribution is 6.66. The second-order valence-corrected chi connectivity index (χ2v) is 7.06. The van der Waals surface area contributed by atoms with Crippen LogP contribution in [-0.2, 0) is 25.3 Å². The standard InChI is InChI=1S/C15H19BCl2O4/c1-14(2)15(3,4)22-16(21-14)10-6-7-11(17)9(13(10)18)8-12(19)20-5/h6-7H,8H2,1-5H3. The van der Waals surface area contributed by atoms with Gasteiger partial charge in [-0.25, -0.2) is 0 Å². The van der Waals surface area contributed by atoms with E-state index in [0.29, 0.717) is 21.1 Å². The van der Waals surface area contributed by atoms with Crippen molar-refractivity contribution in [3.05, 3.63) is 27.7 Å². The maximum atomic E-state index is 11.5. The number of halogens is 2. The average Bonchev–Trinajstić information content (AvgIpc) is 2.62. The molecular weight excluding hydrogens is 326 g/mol. The molecule has 0 atom stereocenters. The van der Waals surface area contributed by atoms with Crippen LogP contribution in [0.4, 0.5) is 0 Å². The van der Waals surface area contributed by atoms with Gasteiger partial charge in [-0.05, 0) is 33.8 Å². The summed E-state index contributed by atoms with van der Waals surface area (Å²) in [6, 6.07) is 3.44. The van der Waals surface area contributed by atoms with E-state index in [1.165, 1.54) is 7.11 Å². The van der Waals surface area contributed by atoms with Gasteiger partial charge in [0.15, 0.2) is 0 Å². The molecule has 4 nitrogen and oxygen atoms in total. The van der Waals surface area contributed by atoms with Crippen LogP contribution in [0.5, 0.6) is 0 Å². The smallest absolute Gasteiger partial charge is 0.469 e. The first-order chi connectivity index (χ1) is 10.1. The lowest BCUT2D eigenvalue weighted by molar-refractivity contribution is -0.139. The lowest BCUT2D eigenvalue weighted by Crippen LogP contribution is -2.41. The van der Waals surface area contributed by atoms with E-state index in [2.05, 4.69) is 4.74 Å². The lowest BCUT2D eigenvalue weighted by Gasteiger charge is -2.32. The summed E-state index contributed by atoms with van der Waals surface area (Å²) >= 11 is 12.6. The summed E-state index contributed by atoms with van der Waals surface area (Å²) in [5.41, 5.74) is 0.234. The lowest BCUT2D eigenvalue weighted by atomic mass is 9.78. The monoisotopic (exact) mass is 344 g/mol. The fourth-order valence-electron chi connectivity index (χ4n) is 2.15. The fourth-order valence-corrected chi connectivity index (χ4v) is 2.74.